The van der Waals surface area contributed by atoms with E-state index in [2.05, 4.69) is 72.0 Å². The molecule has 0 aliphatic heterocycles. The fourth-order valence-electron chi connectivity index (χ4n) is 3.88. The highest BCUT2D eigenvalue weighted by molar-refractivity contribution is 6.02. The lowest BCUT2D eigenvalue weighted by atomic mass is 9.97. The first-order chi connectivity index (χ1) is 13.8. The van der Waals surface area contributed by atoms with Crippen LogP contribution >= 0.6 is 0 Å². The molecule has 0 radical (unpaired) electrons. The van der Waals surface area contributed by atoms with Crippen LogP contribution in [0, 0.1) is 0 Å². The Kier molecular flexibility index (Phi) is 5.45. The Morgan fingerprint density at radius 1 is 0.714 bits per heavy atom. The molecule has 0 saturated carbocycles. The summed E-state index contributed by atoms with van der Waals surface area (Å²) in [5, 5.41) is 7.71. The molecule has 3 nitrogen and oxygen atoms in total. The van der Waals surface area contributed by atoms with Crippen molar-refractivity contribution in [3.8, 4) is 11.5 Å². The monoisotopic (exact) mass is 372 g/mol. The summed E-state index contributed by atoms with van der Waals surface area (Å²) in [5.74, 6) is 1.57. The lowest BCUT2D eigenvalue weighted by Gasteiger charge is -2.11. The summed E-state index contributed by atoms with van der Waals surface area (Å²) in [6.45, 7) is 1.99. The van der Waals surface area contributed by atoms with E-state index in [4.69, 9.17) is 9.47 Å². The number of methoxy groups -OCH3 is 2. The van der Waals surface area contributed by atoms with Gasteiger partial charge in [0.2, 0.25) is 0 Å². The van der Waals surface area contributed by atoms with Crippen LogP contribution in [0.5, 0.6) is 11.5 Å². The van der Waals surface area contributed by atoms with Gasteiger partial charge in [0.05, 0.1) is 20.8 Å². The second-order valence-corrected chi connectivity index (χ2v) is 7.02. The Hall–Kier alpha value is -3.04. The van der Waals surface area contributed by atoms with Crippen molar-refractivity contribution in [2.75, 3.05) is 20.8 Å². The fourth-order valence-corrected chi connectivity index (χ4v) is 3.88. The van der Waals surface area contributed by atoms with Crippen LogP contribution < -0.4 is 14.8 Å². The van der Waals surface area contributed by atoms with Crippen LogP contribution in [0.4, 0.5) is 0 Å². The maximum absolute atomic E-state index is 5.41. The normalized spacial score (nSPS) is 11.1. The van der Waals surface area contributed by atoms with Crippen molar-refractivity contribution < 1.29 is 14.8 Å². The molecule has 0 spiro atoms. The number of quaternary nitrogens is 1. The molecule has 0 heterocycles. The highest BCUT2D eigenvalue weighted by Crippen LogP contribution is 2.28. The van der Waals surface area contributed by atoms with Crippen molar-refractivity contribution in [2.45, 2.75) is 13.0 Å². The summed E-state index contributed by atoms with van der Waals surface area (Å²) in [5.41, 5.74) is 2.68. The number of fused-ring (bicyclic) bond motifs is 2. The number of ether oxygens (including phenoxy) is 2. The Labute approximate surface area is 165 Å². The van der Waals surface area contributed by atoms with Crippen molar-refractivity contribution in [1.82, 2.24) is 0 Å². The predicted octanol–water partition coefficient (Wildman–Crippen LogP) is 4.32. The second kappa shape index (κ2) is 8.32. The first-order valence-corrected chi connectivity index (χ1v) is 9.72. The molecule has 4 rings (SSSR count). The van der Waals surface area contributed by atoms with Crippen molar-refractivity contribution in [3.63, 3.8) is 0 Å². The average Bonchev–Trinajstić information content (AvgIpc) is 2.75. The van der Waals surface area contributed by atoms with Crippen molar-refractivity contribution in [1.29, 1.82) is 0 Å². The molecule has 0 saturated heterocycles. The number of nitrogens with two attached hydrogens (primary N) is 1. The van der Waals surface area contributed by atoms with Gasteiger partial charge >= 0.3 is 0 Å². The third kappa shape index (κ3) is 3.67. The Morgan fingerprint density at radius 3 is 2.00 bits per heavy atom. The largest absolute Gasteiger partial charge is 0.493 e. The van der Waals surface area contributed by atoms with Crippen molar-refractivity contribution in [2.24, 2.45) is 0 Å². The maximum atomic E-state index is 5.41. The molecule has 0 aliphatic rings. The zero-order chi connectivity index (χ0) is 19.3. The molecule has 0 amide bonds. The molecule has 142 valence electrons. The molecule has 0 unspecified atom stereocenters. The van der Waals surface area contributed by atoms with Gasteiger partial charge in [0.15, 0.2) is 11.5 Å². The van der Waals surface area contributed by atoms with Crippen LogP contribution in [0.25, 0.3) is 21.5 Å². The molecule has 0 aromatic heterocycles. The van der Waals surface area contributed by atoms with Crippen molar-refractivity contribution in [3.05, 3.63) is 83.9 Å². The topological polar surface area (TPSA) is 35.1 Å². The van der Waals surface area contributed by atoms with Crippen LogP contribution in [0.2, 0.25) is 0 Å². The molecular formula is C25H26NO2+. The van der Waals surface area contributed by atoms with E-state index in [9.17, 15) is 0 Å². The standard InChI is InChI=1S/C25H25NO2/c1-27-24-12-11-18(15-25(24)28-2)13-14-26-17-23-21-9-5-3-7-19(21)16-20-8-4-6-10-22(20)23/h3-12,15-16,26H,13-14,17H2,1-2H3/p+1. The summed E-state index contributed by atoms with van der Waals surface area (Å²) >= 11 is 0. The van der Waals surface area contributed by atoms with E-state index in [-0.39, 0.29) is 0 Å². The highest BCUT2D eigenvalue weighted by atomic mass is 16.5. The van der Waals surface area contributed by atoms with Gasteiger partial charge in [0.1, 0.15) is 6.54 Å². The van der Waals surface area contributed by atoms with E-state index >= 15 is 0 Å². The van der Waals surface area contributed by atoms with E-state index in [1.165, 1.54) is 32.7 Å². The van der Waals surface area contributed by atoms with Gasteiger partial charge in [-0.05, 0) is 45.3 Å². The van der Waals surface area contributed by atoms with E-state index < -0.39 is 0 Å². The predicted molar refractivity (Wildman–Crippen MR) is 115 cm³/mol. The number of benzene rings is 4. The molecule has 0 atom stereocenters. The third-order valence-corrected chi connectivity index (χ3v) is 5.32. The molecule has 28 heavy (non-hydrogen) atoms. The van der Waals surface area contributed by atoms with Gasteiger partial charge < -0.3 is 14.8 Å². The first-order valence-electron chi connectivity index (χ1n) is 9.72. The van der Waals surface area contributed by atoms with Crippen LogP contribution in [0.1, 0.15) is 11.1 Å². The zero-order valence-electron chi connectivity index (χ0n) is 16.4. The van der Waals surface area contributed by atoms with E-state index in [1.807, 2.05) is 6.07 Å². The quantitative estimate of drug-likeness (QED) is 0.387. The second-order valence-electron chi connectivity index (χ2n) is 7.02. The summed E-state index contributed by atoms with van der Waals surface area (Å²) in [4.78, 5) is 0. The number of rotatable bonds is 7. The fraction of sp³-hybridized carbons (Fsp3) is 0.200. The molecule has 4 aromatic carbocycles. The molecule has 2 N–H and O–H groups in total. The Bertz CT molecular complexity index is 1050. The van der Waals surface area contributed by atoms with Gasteiger partial charge in [0, 0.05) is 12.0 Å². The molecule has 0 aliphatic carbocycles. The van der Waals surface area contributed by atoms with Gasteiger partial charge in [-0.3, -0.25) is 0 Å². The lowest BCUT2D eigenvalue weighted by molar-refractivity contribution is -0.669. The third-order valence-electron chi connectivity index (χ3n) is 5.32. The Balaban J connectivity index is 1.51. The summed E-state index contributed by atoms with van der Waals surface area (Å²) in [6.07, 6.45) is 0.989. The van der Waals surface area contributed by atoms with E-state index in [0.29, 0.717) is 0 Å². The van der Waals surface area contributed by atoms with Crippen molar-refractivity contribution >= 4 is 21.5 Å². The smallest absolute Gasteiger partial charge is 0.160 e. The van der Waals surface area contributed by atoms with Gasteiger partial charge in [-0.2, -0.15) is 0 Å². The molecule has 0 bridgehead atoms. The van der Waals surface area contributed by atoms with Crippen LogP contribution in [-0.4, -0.2) is 20.8 Å². The minimum Gasteiger partial charge on any atom is -0.493 e. The number of hydrogen-bond donors (Lipinski definition) is 1. The van der Waals surface area contributed by atoms with Gasteiger partial charge in [-0.25, -0.2) is 0 Å². The highest BCUT2D eigenvalue weighted by Gasteiger charge is 2.09. The SMILES string of the molecule is COc1ccc(CC[NH2+]Cc2c3ccccc3cc3ccccc23)cc1OC. The molecular weight excluding hydrogens is 346 g/mol. The first kappa shape index (κ1) is 18.3. The molecule has 4 aromatic rings. The van der Waals surface area contributed by atoms with Gasteiger partial charge in [0.25, 0.3) is 0 Å². The zero-order valence-corrected chi connectivity index (χ0v) is 16.4. The van der Waals surface area contributed by atoms with Gasteiger partial charge in [-0.1, -0.05) is 54.6 Å². The maximum Gasteiger partial charge on any atom is 0.160 e. The summed E-state index contributed by atoms with van der Waals surface area (Å²) in [6, 6.07) is 25.8. The average molecular weight is 372 g/mol. The van der Waals surface area contributed by atoms with E-state index in [1.54, 1.807) is 14.2 Å². The molecule has 0 fully saturated rings. The van der Waals surface area contributed by atoms with E-state index in [0.717, 1.165) is 31.0 Å². The van der Waals surface area contributed by atoms with Gasteiger partial charge in [-0.15, -0.1) is 0 Å². The Morgan fingerprint density at radius 2 is 1.36 bits per heavy atom. The minimum absolute atomic E-state index is 0.775. The van der Waals surface area contributed by atoms with Crippen LogP contribution in [0.3, 0.4) is 0 Å². The summed E-state index contributed by atoms with van der Waals surface area (Å²) in [7, 11) is 3.35. The van der Waals surface area contributed by atoms with Crippen LogP contribution in [-0.2, 0) is 13.0 Å². The minimum atomic E-state index is 0.775. The lowest BCUT2D eigenvalue weighted by Crippen LogP contribution is -2.83. The summed E-state index contributed by atoms with van der Waals surface area (Å²) < 4.78 is 10.7. The van der Waals surface area contributed by atoms with Crippen LogP contribution in [0.15, 0.2) is 72.8 Å². The number of hydrogen-bond acceptors (Lipinski definition) is 2. The molecule has 3 heteroatoms.